The van der Waals surface area contributed by atoms with Crippen molar-refractivity contribution in [2.45, 2.75) is 84.6 Å². The second kappa shape index (κ2) is 14.7. The normalized spacial score (nSPS) is 13.9. The molecule has 0 aromatic heterocycles. The molecular weight excluding hydrogens is 549 g/mol. The molecule has 0 bridgehead atoms. The van der Waals surface area contributed by atoms with E-state index in [1.54, 1.807) is 13.8 Å². The zero-order valence-corrected chi connectivity index (χ0v) is 28.9. The van der Waals surface area contributed by atoms with Gasteiger partial charge in [-0.15, -0.1) is 0 Å². The zero-order chi connectivity index (χ0) is 29.2. The molecule has 0 aliphatic rings. The van der Waals surface area contributed by atoms with Gasteiger partial charge in [-0.25, -0.2) is 9.59 Å². The minimum Gasteiger partial charge on any atom is -0.462 e. The van der Waals surface area contributed by atoms with E-state index in [1.165, 1.54) is 0 Å². The van der Waals surface area contributed by atoms with Gasteiger partial charge in [0, 0.05) is 11.1 Å². The number of ether oxygens (including phenoxy) is 2. The molecule has 0 aliphatic heterocycles. The SMILES string of the molecule is C=C(C)C(=O)OCCC[Si](C)(C)O[Si](C)(C)O[Si](C)(O[Si](C)(C)CCCOC(=O)C(=C)C)c1ccccc1. The lowest BCUT2D eigenvalue weighted by Gasteiger charge is -2.42. The molecule has 0 aliphatic carbocycles. The van der Waals surface area contributed by atoms with Crippen LogP contribution in [0, 0.1) is 0 Å². The van der Waals surface area contributed by atoms with Gasteiger partial charge in [-0.1, -0.05) is 43.5 Å². The summed E-state index contributed by atoms with van der Waals surface area (Å²) in [5, 5.41) is 1.07. The highest BCUT2D eigenvalue weighted by Crippen LogP contribution is 2.28. The third-order valence-corrected chi connectivity index (χ3v) is 21.7. The van der Waals surface area contributed by atoms with Crippen LogP contribution in [0.2, 0.25) is 57.9 Å². The molecule has 1 atom stereocenters. The fraction of sp³-hybridized carbons (Fsp3) is 0.556. The van der Waals surface area contributed by atoms with Crippen LogP contribution in [-0.2, 0) is 31.4 Å². The number of esters is 2. The highest BCUT2D eigenvalue weighted by molar-refractivity contribution is 6.95. The van der Waals surface area contributed by atoms with Gasteiger partial charge in [0.2, 0.25) is 0 Å². The van der Waals surface area contributed by atoms with Crippen LogP contribution in [0.5, 0.6) is 0 Å². The van der Waals surface area contributed by atoms with Crippen molar-refractivity contribution in [1.82, 2.24) is 0 Å². The summed E-state index contributed by atoms with van der Waals surface area (Å²) in [5.41, 5.74) is 0.811. The maximum absolute atomic E-state index is 11.7. The van der Waals surface area contributed by atoms with Crippen molar-refractivity contribution in [2.24, 2.45) is 0 Å². The van der Waals surface area contributed by atoms with Crippen molar-refractivity contribution in [3.05, 3.63) is 54.6 Å². The molecule has 38 heavy (non-hydrogen) atoms. The first-order chi connectivity index (χ1) is 17.4. The summed E-state index contributed by atoms with van der Waals surface area (Å²) in [4.78, 5) is 23.4. The van der Waals surface area contributed by atoms with Crippen LogP contribution in [0.25, 0.3) is 0 Å². The van der Waals surface area contributed by atoms with E-state index in [0.717, 1.165) is 30.1 Å². The number of hydrogen-bond acceptors (Lipinski definition) is 7. The number of benzene rings is 1. The molecule has 0 saturated heterocycles. The maximum Gasteiger partial charge on any atom is 0.350 e. The van der Waals surface area contributed by atoms with Crippen molar-refractivity contribution in [3.8, 4) is 0 Å². The molecule has 0 saturated carbocycles. The number of hydrogen-bond donors (Lipinski definition) is 0. The van der Waals surface area contributed by atoms with Crippen LogP contribution in [0.3, 0.4) is 0 Å². The molecule has 7 nitrogen and oxygen atoms in total. The molecule has 11 heteroatoms. The summed E-state index contributed by atoms with van der Waals surface area (Å²) in [6, 6.07) is 11.9. The summed E-state index contributed by atoms with van der Waals surface area (Å²) in [5.74, 6) is -0.714. The molecule has 0 heterocycles. The van der Waals surface area contributed by atoms with Crippen LogP contribution in [0.4, 0.5) is 0 Å². The molecule has 0 radical (unpaired) electrons. The van der Waals surface area contributed by atoms with Gasteiger partial charge in [0.05, 0.1) is 13.2 Å². The minimum absolute atomic E-state index is 0.348. The lowest BCUT2D eigenvalue weighted by Crippen LogP contribution is -2.63. The third-order valence-electron chi connectivity index (χ3n) is 5.74. The van der Waals surface area contributed by atoms with Crippen LogP contribution < -0.4 is 5.19 Å². The van der Waals surface area contributed by atoms with E-state index in [-0.39, 0.29) is 11.9 Å². The highest BCUT2D eigenvalue weighted by Gasteiger charge is 2.47. The van der Waals surface area contributed by atoms with Gasteiger partial charge in [0.15, 0.2) is 16.6 Å². The third kappa shape index (κ3) is 13.0. The van der Waals surface area contributed by atoms with E-state index in [0.29, 0.717) is 24.4 Å². The van der Waals surface area contributed by atoms with Gasteiger partial charge in [0.25, 0.3) is 0 Å². The summed E-state index contributed by atoms with van der Waals surface area (Å²) in [7, 11) is -9.72. The van der Waals surface area contributed by atoms with Crippen molar-refractivity contribution in [3.63, 3.8) is 0 Å². The Bertz CT molecular complexity index is 963. The smallest absolute Gasteiger partial charge is 0.350 e. The van der Waals surface area contributed by atoms with Crippen molar-refractivity contribution < 1.29 is 31.4 Å². The van der Waals surface area contributed by atoms with Gasteiger partial charge in [-0.05, 0) is 89.8 Å². The van der Waals surface area contributed by atoms with Gasteiger partial charge in [0.1, 0.15) is 0 Å². The molecule has 0 amide bonds. The average Bonchev–Trinajstić information content (AvgIpc) is 2.78. The lowest BCUT2D eigenvalue weighted by molar-refractivity contribution is -0.139. The van der Waals surface area contributed by atoms with Crippen LogP contribution in [0.15, 0.2) is 54.6 Å². The summed E-state index contributed by atoms with van der Waals surface area (Å²) in [6.45, 7) is 26.3. The Labute approximate surface area is 234 Å². The first kappa shape index (κ1) is 34.4. The predicted molar refractivity (Wildman–Crippen MR) is 164 cm³/mol. The summed E-state index contributed by atoms with van der Waals surface area (Å²) < 4.78 is 31.2. The lowest BCUT2D eigenvalue weighted by atomic mass is 10.4. The Morgan fingerprint density at radius 2 is 1.11 bits per heavy atom. The topological polar surface area (TPSA) is 80.3 Å². The van der Waals surface area contributed by atoms with E-state index in [4.69, 9.17) is 21.8 Å². The number of carbonyl (C=O) groups excluding carboxylic acids is 2. The average molecular weight is 597 g/mol. The van der Waals surface area contributed by atoms with E-state index >= 15 is 0 Å². The summed E-state index contributed by atoms with van der Waals surface area (Å²) in [6.07, 6.45) is 1.47. The first-order valence-corrected chi connectivity index (χ1v) is 24.6. The van der Waals surface area contributed by atoms with Crippen molar-refractivity contribution >= 4 is 50.9 Å². The van der Waals surface area contributed by atoms with Crippen molar-refractivity contribution in [2.75, 3.05) is 13.2 Å². The molecule has 0 fully saturated rings. The Morgan fingerprint density at radius 1 is 0.684 bits per heavy atom. The van der Waals surface area contributed by atoms with Gasteiger partial charge >= 0.3 is 29.1 Å². The van der Waals surface area contributed by atoms with Gasteiger partial charge in [-0.2, -0.15) is 0 Å². The van der Waals surface area contributed by atoms with E-state index in [9.17, 15) is 9.59 Å². The quantitative estimate of drug-likeness (QED) is 0.0924. The Hall–Kier alpha value is -1.61. The van der Waals surface area contributed by atoms with Crippen LogP contribution >= 0.6 is 0 Å². The Kier molecular flexibility index (Phi) is 13.3. The number of rotatable bonds is 17. The second-order valence-corrected chi connectivity index (χ2v) is 27.3. The van der Waals surface area contributed by atoms with Crippen LogP contribution in [-0.4, -0.2) is 58.9 Å². The standard InChI is InChI=1S/C27H48O7Si4/c1-23(2)26(28)30-19-15-21-35(5,6)32-37(9,10)34-38(11,25-17-13-12-14-18-25)33-36(7,8)22-16-20-31-27(29)24(3)4/h12-14,17-18H,1,3,15-16,19-22H2,2,4-11H3. The molecule has 1 aromatic rings. The molecular formula is C27H48O7Si4. The van der Waals surface area contributed by atoms with E-state index in [1.807, 2.05) is 18.2 Å². The fourth-order valence-electron chi connectivity index (χ4n) is 4.24. The second-order valence-electron chi connectivity index (χ2n) is 11.6. The van der Waals surface area contributed by atoms with E-state index in [2.05, 4.69) is 71.1 Å². The number of carbonyl (C=O) groups is 2. The molecule has 1 rings (SSSR count). The molecule has 0 N–H and O–H groups in total. The van der Waals surface area contributed by atoms with Crippen LogP contribution in [0.1, 0.15) is 26.7 Å². The zero-order valence-electron chi connectivity index (χ0n) is 24.9. The molecule has 214 valence electrons. The highest BCUT2D eigenvalue weighted by atomic mass is 28.5. The van der Waals surface area contributed by atoms with Gasteiger partial charge < -0.3 is 21.8 Å². The predicted octanol–water partition coefficient (Wildman–Crippen LogP) is 6.15. The minimum atomic E-state index is -2.84. The molecule has 0 spiro atoms. The Morgan fingerprint density at radius 3 is 1.53 bits per heavy atom. The fourth-order valence-corrected chi connectivity index (χ4v) is 23.2. The first-order valence-electron chi connectivity index (χ1n) is 13.2. The van der Waals surface area contributed by atoms with Crippen molar-refractivity contribution in [1.29, 1.82) is 0 Å². The van der Waals surface area contributed by atoms with E-state index < -0.39 is 33.8 Å². The monoisotopic (exact) mass is 596 g/mol. The Balaban J connectivity index is 2.91. The largest absolute Gasteiger partial charge is 0.462 e. The van der Waals surface area contributed by atoms with Gasteiger partial charge in [-0.3, -0.25) is 0 Å². The summed E-state index contributed by atoms with van der Waals surface area (Å²) >= 11 is 0. The molecule has 1 aromatic carbocycles. The maximum atomic E-state index is 11.7. The molecule has 1 unspecified atom stereocenters.